The monoisotopic (exact) mass is 449 g/mol. The molecule has 4 nitrogen and oxygen atoms in total. The molecular weight excluding hydrogens is 427 g/mol. The zero-order chi connectivity index (χ0) is 23.6. The highest BCUT2D eigenvalue weighted by Gasteiger charge is 2.30. The van der Waals surface area contributed by atoms with Gasteiger partial charge in [-0.05, 0) is 66.1 Å². The summed E-state index contributed by atoms with van der Waals surface area (Å²) in [6.45, 7) is 0.629. The molecule has 33 heavy (non-hydrogen) atoms. The van der Waals surface area contributed by atoms with E-state index < -0.39 is 11.7 Å². The lowest BCUT2D eigenvalue weighted by Gasteiger charge is -2.13. The maximum Gasteiger partial charge on any atom is 0.416 e. The van der Waals surface area contributed by atoms with Crippen LogP contribution in [0.3, 0.4) is 0 Å². The largest absolute Gasteiger partial charge is 0.482 e. The number of hydrogen-bond donors (Lipinski definition) is 1. The van der Waals surface area contributed by atoms with Gasteiger partial charge in [-0.3, -0.25) is 0 Å². The van der Waals surface area contributed by atoms with Crippen LogP contribution in [-0.2, 0) is 19.1 Å². The number of nitrogens with two attached hydrogens (primary N) is 1. The normalized spacial score (nSPS) is 11.5. The molecule has 0 aliphatic carbocycles. The van der Waals surface area contributed by atoms with Crippen molar-refractivity contribution >= 4 is 10.9 Å². The van der Waals surface area contributed by atoms with Gasteiger partial charge in [-0.15, -0.1) is 0 Å². The molecule has 0 atom stereocenters. The number of rotatable bonds is 6. The zero-order valence-electron chi connectivity index (χ0n) is 18.0. The Kier molecular flexibility index (Phi) is 6.12. The second kappa shape index (κ2) is 9.00. The SMILES string of the molecule is COc1c(CCN)c2cc(-c3ccc(C#N)cc3)ccc2n1Cc1cccc(C(F)(F)F)c1. The van der Waals surface area contributed by atoms with E-state index in [1.165, 1.54) is 12.1 Å². The van der Waals surface area contributed by atoms with E-state index in [1.54, 1.807) is 25.3 Å². The molecule has 0 bridgehead atoms. The van der Waals surface area contributed by atoms with Crippen molar-refractivity contribution in [1.29, 1.82) is 5.26 Å². The van der Waals surface area contributed by atoms with Gasteiger partial charge in [0.1, 0.15) is 0 Å². The van der Waals surface area contributed by atoms with Crippen LogP contribution in [0.4, 0.5) is 13.2 Å². The summed E-state index contributed by atoms with van der Waals surface area (Å²) >= 11 is 0. The smallest absolute Gasteiger partial charge is 0.416 e. The van der Waals surface area contributed by atoms with Crippen molar-refractivity contribution in [2.75, 3.05) is 13.7 Å². The average Bonchev–Trinajstić information content (AvgIpc) is 3.10. The van der Waals surface area contributed by atoms with Gasteiger partial charge in [0.05, 0.1) is 36.4 Å². The highest BCUT2D eigenvalue weighted by Crippen LogP contribution is 2.36. The Balaban J connectivity index is 1.83. The highest BCUT2D eigenvalue weighted by atomic mass is 19.4. The summed E-state index contributed by atoms with van der Waals surface area (Å²) in [5.74, 6) is 0.588. The Morgan fingerprint density at radius 3 is 2.36 bits per heavy atom. The third-order valence-electron chi connectivity index (χ3n) is 5.65. The minimum Gasteiger partial charge on any atom is -0.482 e. The first-order chi connectivity index (χ1) is 15.9. The number of nitrogens with zero attached hydrogens (tertiary/aromatic N) is 2. The van der Waals surface area contributed by atoms with Gasteiger partial charge in [-0.2, -0.15) is 18.4 Å². The van der Waals surface area contributed by atoms with Crippen LogP contribution >= 0.6 is 0 Å². The summed E-state index contributed by atoms with van der Waals surface area (Å²) in [7, 11) is 1.55. The summed E-state index contributed by atoms with van der Waals surface area (Å²) in [6, 6.07) is 20.7. The molecule has 0 fully saturated rings. The molecule has 0 radical (unpaired) electrons. The van der Waals surface area contributed by atoms with Crippen LogP contribution in [-0.4, -0.2) is 18.2 Å². The van der Waals surface area contributed by atoms with Gasteiger partial charge in [0.15, 0.2) is 5.88 Å². The van der Waals surface area contributed by atoms with Crippen molar-refractivity contribution in [2.45, 2.75) is 19.1 Å². The Morgan fingerprint density at radius 1 is 1.00 bits per heavy atom. The fourth-order valence-corrected chi connectivity index (χ4v) is 4.12. The second-order valence-corrected chi connectivity index (χ2v) is 7.73. The van der Waals surface area contributed by atoms with Crippen molar-refractivity contribution in [3.8, 4) is 23.1 Å². The van der Waals surface area contributed by atoms with Crippen LogP contribution in [0.25, 0.3) is 22.0 Å². The van der Waals surface area contributed by atoms with E-state index in [0.29, 0.717) is 30.0 Å². The molecule has 1 heterocycles. The maximum atomic E-state index is 13.2. The van der Waals surface area contributed by atoms with E-state index in [1.807, 2.05) is 34.9 Å². The van der Waals surface area contributed by atoms with E-state index in [2.05, 4.69) is 6.07 Å². The molecule has 0 amide bonds. The first kappa shape index (κ1) is 22.4. The molecule has 0 spiro atoms. The van der Waals surface area contributed by atoms with E-state index in [0.717, 1.165) is 33.7 Å². The summed E-state index contributed by atoms with van der Waals surface area (Å²) in [5, 5.41) is 9.97. The summed E-state index contributed by atoms with van der Waals surface area (Å²) < 4.78 is 47.2. The molecule has 4 rings (SSSR count). The number of fused-ring (bicyclic) bond motifs is 1. The number of halogens is 3. The topological polar surface area (TPSA) is 64.0 Å². The van der Waals surface area contributed by atoms with Crippen molar-refractivity contribution in [2.24, 2.45) is 5.73 Å². The van der Waals surface area contributed by atoms with E-state index in [-0.39, 0.29) is 6.54 Å². The minimum atomic E-state index is -4.40. The molecule has 168 valence electrons. The van der Waals surface area contributed by atoms with Crippen LogP contribution in [0.1, 0.15) is 22.3 Å². The molecule has 2 N–H and O–H groups in total. The number of alkyl halides is 3. The van der Waals surface area contributed by atoms with Crippen LogP contribution < -0.4 is 10.5 Å². The Labute approximate surface area is 189 Å². The Bertz CT molecular complexity index is 1330. The van der Waals surface area contributed by atoms with Gasteiger partial charge in [-0.25, -0.2) is 0 Å². The fourth-order valence-electron chi connectivity index (χ4n) is 4.12. The number of benzene rings is 3. The van der Waals surface area contributed by atoms with E-state index in [9.17, 15) is 13.2 Å². The fraction of sp³-hybridized carbons (Fsp3) is 0.192. The Morgan fingerprint density at radius 2 is 1.73 bits per heavy atom. The number of hydrogen-bond acceptors (Lipinski definition) is 3. The molecule has 0 aliphatic heterocycles. The quantitative estimate of drug-likeness (QED) is 0.407. The number of aromatic nitrogens is 1. The van der Waals surface area contributed by atoms with Crippen molar-refractivity contribution in [3.63, 3.8) is 0 Å². The Hall–Kier alpha value is -3.76. The third kappa shape index (κ3) is 4.43. The molecule has 0 unspecified atom stereocenters. The number of nitriles is 1. The van der Waals surface area contributed by atoms with Crippen LogP contribution in [0.5, 0.6) is 5.88 Å². The molecule has 4 aromatic rings. The van der Waals surface area contributed by atoms with Gasteiger partial charge in [-0.1, -0.05) is 30.3 Å². The second-order valence-electron chi connectivity index (χ2n) is 7.73. The van der Waals surface area contributed by atoms with E-state index >= 15 is 0 Å². The first-order valence-electron chi connectivity index (χ1n) is 10.4. The van der Waals surface area contributed by atoms with Crippen LogP contribution in [0.2, 0.25) is 0 Å². The summed E-state index contributed by atoms with van der Waals surface area (Å²) in [5.41, 5.74) is 9.98. The predicted molar refractivity (Wildman–Crippen MR) is 122 cm³/mol. The first-order valence-corrected chi connectivity index (χ1v) is 10.4. The van der Waals surface area contributed by atoms with Crippen molar-refractivity contribution < 1.29 is 17.9 Å². The molecule has 0 aliphatic rings. The van der Waals surface area contributed by atoms with Crippen molar-refractivity contribution in [3.05, 3.63) is 89.0 Å². The van der Waals surface area contributed by atoms with Gasteiger partial charge in [0.25, 0.3) is 0 Å². The maximum absolute atomic E-state index is 13.2. The van der Waals surface area contributed by atoms with Crippen molar-refractivity contribution in [1.82, 2.24) is 4.57 Å². The van der Waals surface area contributed by atoms with Gasteiger partial charge < -0.3 is 15.0 Å². The summed E-state index contributed by atoms with van der Waals surface area (Å²) in [6.07, 6.45) is -3.84. The molecule has 0 saturated carbocycles. The zero-order valence-corrected chi connectivity index (χ0v) is 18.0. The van der Waals surface area contributed by atoms with Crippen LogP contribution in [0, 0.1) is 11.3 Å². The lowest BCUT2D eigenvalue weighted by atomic mass is 10.0. The van der Waals surface area contributed by atoms with Gasteiger partial charge in [0, 0.05) is 10.9 Å². The minimum absolute atomic E-state index is 0.227. The number of methoxy groups -OCH3 is 1. The standard InChI is InChI=1S/C26H22F3N3O/c1-33-25-22(11-12-30)23-14-20(19-7-5-17(15-31)6-8-19)9-10-24(23)32(25)16-18-3-2-4-21(13-18)26(27,28)29/h2-10,13-14H,11-12,16,30H2,1H3. The van der Waals surface area contributed by atoms with Crippen LogP contribution in [0.15, 0.2) is 66.7 Å². The average molecular weight is 449 g/mol. The third-order valence-corrected chi connectivity index (χ3v) is 5.65. The van der Waals surface area contributed by atoms with E-state index in [4.69, 9.17) is 15.7 Å². The predicted octanol–water partition coefficient (Wildman–Crippen LogP) is 5.76. The summed E-state index contributed by atoms with van der Waals surface area (Å²) in [4.78, 5) is 0. The van der Waals surface area contributed by atoms with Gasteiger partial charge in [0.2, 0.25) is 0 Å². The lowest BCUT2D eigenvalue weighted by Crippen LogP contribution is -2.08. The lowest BCUT2D eigenvalue weighted by molar-refractivity contribution is -0.137. The highest BCUT2D eigenvalue weighted by molar-refractivity contribution is 5.91. The van der Waals surface area contributed by atoms with Gasteiger partial charge >= 0.3 is 6.18 Å². The molecule has 7 heteroatoms. The molecular formula is C26H22F3N3O. The molecule has 1 aromatic heterocycles. The number of ether oxygens (including phenoxy) is 1. The molecule has 0 saturated heterocycles. The molecule has 3 aromatic carbocycles.